The topological polar surface area (TPSA) is 36.1 Å². The van der Waals surface area contributed by atoms with E-state index in [4.69, 9.17) is 0 Å². The molecule has 1 amide bonds. The number of benzene rings is 1. The lowest BCUT2D eigenvalue weighted by Gasteiger charge is -2.15. The van der Waals surface area contributed by atoms with E-state index in [0.29, 0.717) is 13.0 Å². The van der Waals surface area contributed by atoms with Crippen molar-refractivity contribution in [1.29, 1.82) is 0 Å². The maximum atomic E-state index is 11.7. The van der Waals surface area contributed by atoms with E-state index in [0.717, 1.165) is 17.6 Å². The molecule has 88 valence electrons. The molecule has 1 aliphatic rings. The lowest BCUT2D eigenvalue weighted by atomic mass is 10.1. The van der Waals surface area contributed by atoms with Crippen LogP contribution in [0.4, 0.5) is 0 Å². The minimum absolute atomic E-state index is 0.191. The molecule has 0 bridgehead atoms. The Balaban J connectivity index is 1.82. The van der Waals surface area contributed by atoms with Gasteiger partial charge in [0.25, 0.3) is 0 Å². The highest BCUT2D eigenvalue weighted by molar-refractivity contribution is 7.81. The fourth-order valence-electron chi connectivity index (χ4n) is 2.32. The molecule has 0 aliphatic carbocycles. The summed E-state index contributed by atoms with van der Waals surface area (Å²) in [6.07, 6.45) is 2.49. The zero-order chi connectivity index (χ0) is 11.8. The van der Waals surface area contributed by atoms with Gasteiger partial charge in [-0.1, -0.05) is 12.1 Å². The molecule has 1 aromatic carbocycles. The van der Waals surface area contributed by atoms with Gasteiger partial charge in [-0.05, 0) is 23.1 Å². The highest BCUT2D eigenvalue weighted by Crippen LogP contribution is 2.20. The van der Waals surface area contributed by atoms with Gasteiger partial charge in [0.2, 0.25) is 5.91 Å². The number of amides is 1. The Morgan fingerprint density at radius 2 is 2.29 bits per heavy atom. The van der Waals surface area contributed by atoms with Gasteiger partial charge in [0.05, 0.1) is 0 Å². The molecule has 0 saturated carbocycles. The summed E-state index contributed by atoms with van der Waals surface area (Å²) in [4.78, 5) is 16.7. The van der Waals surface area contributed by atoms with E-state index < -0.39 is 0 Å². The molecule has 1 aromatic heterocycles. The van der Waals surface area contributed by atoms with Crippen LogP contribution in [0.15, 0.2) is 30.5 Å². The summed E-state index contributed by atoms with van der Waals surface area (Å²) in [5.74, 6) is 0.205. The summed E-state index contributed by atoms with van der Waals surface area (Å²) in [5.41, 5.74) is 2.28. The molecular weight excluding hydrogens is 232 g/mol. The van der Waals surface area contributed by atoms with Crippen LogP contribution in [0.1, 0.15) is 12.0 Å². The van der Waals surface area contributed by atoms with Crippen molar-refractivity contribution in [2.75, 3.05) is 6.54 Å². The van der Waals surface area contributed by atoms with Gasteiger partial charge in [-0.2, -0.15) is 12.6 Å². The zero-order valence-electron chi connectivity index (χ0n) is 9.39. The third kappa shape index (κ3) is 2.05. The van der Waals surface area contributed by atoms with Crippen molar-refractivity contribution < 1.29 is 4.79 Å². The molecule has 1 atom stereocenters. The van der Waals surface area contributed by atoms with Gasteiger partial charge in [-0.3, -0.25) is 4.79 Å². The van der Waals surface area contributed by atoms with Crippen LogP contribution >= 0.6 is 12.6 Å². The van der Waals surface area contributed by atoms with E-state index in [1.54, 1.807) is 0 Å². The second-order valence-electron chi connectivity index (χ2n) is 4.53. The normalized spacial score (nSPS) is 20.4. The first kappa shape index (κ1) is 10.7. The third-order valence-corrected chi connectivity index (χ3v) is 3.53. The van der Waals surface area contributed by atoms with Crippen molar-refractivity contribution in [3.05, 3.63) is 36.0 Å². The van der Waals surface area contributed by atoms with Crippen LogP contribution in [-0.2, 0) is 11.3 Å². The van der Waals surface area contributed by atoms with E-state index in [-0.39, 0.29) is 11.2 Å². The number of aromatic amines is 1. The van der Waals surface area contributed by atoms with Gasteiger partial charge in [0.1, 0.15) is 0 Å². The number of H-pyrrole nitrogens is 1. The second kappa shape index (κ2) is 4.11. The Bertz CT molecular complexity index is 563. The first-order valence-electron chi connectivity index (χ1n) is 5.74. The van der Waals surface area contributed by atoms with E-state index in [1.165, 1.54) is 5.39 Å². The summed E-state index contributed by atoms with van der Waals surface area (Å²) in [5, 5.41) is 1.39. The highest BCUT2D eigenvalue weighted by Gasteiger charge is 2.26. The van der Waals surface area contributed by atoms with Crippen LogP contribution in [-0.4, -0.2) is 27.6 Å². The molecule has 17 heavy (non-hydrogen) atoms. The summed E-state index contributed by atoms with van der Waals surface area (Å²) < 4.78 is 0. The van der Waals surface area contributed by atoms with E-state index in [2.05, 4.69) is 35.8 Å². The standard InChI is InChI=1S/C13H14N2OS/c16-13-6-11(17)8-15(13)7-9-1-2-10-3-4-14-12(10)5-9/h1-5,11,14,17H,6-8H2. The first-order chi connectivity index (χ1) is 8.22. The predicted molar refractivity (Wildman–Crippen MR) is 71.1 cm³/mol. The van der Waals surface area contributed by atoms with Gasteiger partial charge >= 0.3 is 0 Å². The molecule has 3 rings (SSSR count). The third-order valence-electron chi connectivity index (χ3n) is 3.19. The summed E-state index contributed by atoms with van der Waals surface area (Å²) in [6, 6.07) is 8.31. The quantitative estimate of drug-likeness (QED) is 0.783. The monoisotopic (exact) mass is 246 g/mol. The molecule has 2 heterocycles. The van der Waals surface area contributed by atoms with E-state index >= 15 is 0 Å². The van der Waals surface area contributed by atoms with Crippen LogP contribution < -0.4 is 0 Å². The van der Waals surface area contributed by atoms with Crippen LogP contribution in [0, 0.1) is 0 Å². The van der Waals surface area contributed by atoms with Crippen LogP contribution in [0.25, 0.3) is 10.9 Å². The van der Waals surface area contributed by atoms with Crippen molar-refractivity contribution >= 4 is 29.4 Å². The Hall–Kier alpha value is -1.42. The summed E-state index contributed by atoms with van der Waals surface area (Å²) in [7, 11) is 0. The minimum atomic E-state index is 0.191. The molecule has 1 saturated heterocycles. The number of hydrogen-bond donors (Lipinski definition) is 2. The van der Waals surface area contributed by atoms with Crippen LogP contribution in [0.3, 0.4) is 0 Å². The molecule has 2 aromatic rings. The summed E-state index contributed by atoms with van der Waals surface area (Å²) >= 11 is 4.36. The number of carbonyl (C=O) groups excluding carboxylic acids is 1. The Labute approximate surface area is 105 Å². The zero-order valence-corrected chi connectivity index (χ0v) is 10.3. The number of nitrogens with zero attached hydrogens (tertiary/aromatic N) is 1. The predicted octanol–water partition coefficient (Wildman–Crippen LogP) is 2.20. The largest absolute Gasteiger partial charge is 0.361 e. The van der Waals surface area contributed by atoms with Crippen molar-refractivity contribution in [2.45, 2.75) is 18.2 Å². The molecule has 1 aliphatic heterocycles. The van der Waals surface area contributed by atoms with Crippen molar-refractivity contribution in [2.24, 2.45) is 0 Å². The fraction of sp³-hybridized carbons (Fsp3) is 0.308. The molecule has 1 fully saturated rings. The average Bonchev–Trinajstić information content (AvgIpc) is 2.85. The van der Waals surface area contributed by atoms with Gasteiger partial charge in [0.15, 0.2) is 0 Å². The first-order valence-corrected chi connectivity index (χ1v) is 6.26. The molecular formula is C13H14N2OS. The lowest BCUT2D eigenvalue weighted by molar-refractivity contribution is -0.128. The van der Waals surface area contributed by atoms with Crippen molar-refractivity contribution in [1.82, 2.24) is 9.88 Å². The summed E-state index contributed by atoms with van der Waals surface area (Å²) in [6.45, 7) is 1.44. The van der Waals surface area contributed by atoms with Gasteiger partial charge in [-0.15, -0.1) is 0 Å². The van der Waals surface area contributed by atoms with Gasteiger partial charge < -0.3 is 9.88 Å². The molecule has 0 spiro atoms. The number of hydrogen-bond acceptors (Lipinski definition) is 2. The second-order valence-corrected chi connectivity index (χ2v) is 5.26. The molecule has 0 radical (unpaired) electrons. The highest BCUT2D eigenvalue weighted by atomic mass is 32.1. The Morgan fingerprint density at radius 1 is 1.41 bits per heavy atom. The lowest BCUT2D eigenvalue weighted by Crippen LogP contribution is -2.24. The molecule has 3 nitrogen and oxygen atoms in total. The molecule has 4 heteroatoms. The number of nitrogens with one attached hydrogen (secondary N) is 1. The average molecular weight is 246 g/mol. The number of rotatable bonds is 2. The Morgan fingerprint density at radius 3 is 3.06 bits per heavy atom. The smallest absolute Gasteiger partial charge is 0.224 e. The molecule has 1 unspecified atom stereocenters. The number of thiol groups is 1. The maximum absolute atomic E-state index is 11.7. The maximum Gasteiger partial charge on any atom is 0.224 e. The number of fused-ring (bicyclic) bond motifs is 1. The van der Waals surface area contributed by atoms with Crippen LogP contribution in [0.2, 0.25) is 0 Å². The number of likely N-dealkylation sites (tertiary alicyclic amines) is 1. The van der Waals surface area contributed by atoms with Gasteiger partial charge in [0, 0.05) is 36.5 Å². The van der Waals surface area contributed by atoms with E-state index in [9.17, 15) is 4.79 Å². The number of carbonyl (C=O) groups is 1. The minimum Gasteiger partial charge on any atom is -0.361 e. The van der Waals surface area contributed by atoms with Crippen molar-refractivity contribution in [3.63, 3.8) is 0 Å². The fourth-order valence-corrected chi connectivity index (χ4v) is 2.67. The molecule has 1 N–H and O–H groups in total. The van der Waals surface area contributed by atoms with E-state index in [1.807, 2.05) is 17.2 Å². The SMILES string of the molecule is O=C1CC(S)CN1Cc1ccc2cc[nH]c2c1. The Kier molecular flexibility index (Phi) is 2.59. The van der Waals surface area contributed by atoms with Gasteiger partial charge in [-0.25, -0.2) is 0 Å². The number of aromatic nitrogens is 1. The van der Waals surface area contributed by atoms with Crippen LogP contribution in [0.5, 0.6) is 0 Å². The van der Waals surface area contributed by atoms with Crippen molar-refractivity contribution in [3.8, 4) is 0 Å².